The van der Waals surface area contributed by atoms with Crippen molar-refractivity contribution < 1.29 is 9.50 Å². The molecule has 0 bridgehead atoms. The second kappa shape index (κ2) is 2.85. The van der Waals surface area contributed by atoms with E-state index in [-0.39, 0.29) is 11.6 Å². The van der Waals surface area contributed by atoms with E-state index in [1.807, 2.05) is 22.6 Å². The van der Waals surface area contributed by atoms with E-state index in [0.717, 1.165) is 7.58 Å². The minimum absolute atomic E-state index is 0.0636. The van der Waals surface area contributed by atoms with E-state index in [1.165, 1.54) is 17.4 Å². The van der Waals surface area contributed by atoms with Gasteiger partial charge >= 0.3 is 0 Å². The molecule has 1 nitrogen and oxygen atoms in total. The van der Waals surface area contributed by atoms with Gasteiger partial charge in [-0.15, -0.1) is 11.3 Å². The van der Waals surface area contributed by atoms with Gasteiger partial charge in [0, 0.05) is 4.70 Å². The molecule has 0 atom stereocenters. The highest BCUT2D eigenvalue weighted by Crippen LogP contribution is 2.38. The smallest absolute Gasteiger partial charge is 0.150 e. The zero-order valence-electron chi connectivity index (χ0n) is 5.84. The van der Waals surface area contributed by atoms with E-state index in [4.69, 9.17) is 0 Å². The van der Waals surface area contributed by atoms with Crippen molar-refractivity contribution in [2.45, 2.75) is 0 Å². The van der Waals surface area contributed by atoms with Crippen LogP contribution in [-0.2, 0) is 0 Å². The van der Waals surface area contributed by atoms with E-state index >= 15 is 0 Å². The van der Waals surface area contributed by atoms with Crippen LogP contribution in [0.25, 0.3) is 10.1 Å². The Morgan fingerprint density at radius 3 is 2.83 bits per heavy atom. The molecule has 1 heterocycles. The Hall–Kier alpha value is -0.360. The van der Waals surface area contributed by atoms with Crippen LogP contribution in [0.3, 0.4) is 0 Å². The summed E-state index contributed by atoms with van der Waals surface area (Å²) >= 11 is 3.39. The Morgan fingerprint density at radius 1 is 1.42 bits per heavy atom. The summed E-state index contributed by atoms with van der Waals surface area (Å²) in [5, 5.41) is 9.78. The predicted molar refractivity (Wildman–Crippen MR) is 56.2 cm³/mol. The van der Waals surface area contributed by atoms with Crippen molar-refractivity contribution >= 4 is 44.0 Å². The number of benzene rings is 1. The first-order valence-electron chi connectivity index (χ1n) is 3.25. The number of aromatic hydroxyl groups is 1. The molecule has 0 aliphatic carbocycles. The maximum atomic E-state index is 13.1. The van der Waals surface area contributed by atoms with Crippen LogP contribution in [0.2, 0.25) is 0 Å². The summed E-state index contributed by atoms with van der Waals surface area (Å²) in [7, 11) is 0. The minimum atomic E-state index is -0.357. The number of hydrogen-bond acceptors (Lipinski definition) is 2. The molecule has 4 heteroatoms. The molecule has 0 fully saturated rings. The fourth-order valence-corrected chi connectivity index (χ4v) is 2.88. The molecular weight excluding hydrogens is 290 g/mol. The molecule has 1 aromatic heterocycles. The summed E-state index contributed by atoms with van der Waals surface area (Å²) in [6.45, 7) is 0. The quantitative estimate of drug-likeness (QED) is 0.739. The van der Waals surface area contributed by atoms with Crippen LogP contribution in [0.1, 0.15) is 0 Å². The van der Waals surface area contributed by atoms with Gasteiger partial charge in [0.25, 0.3) is 0 Å². The van der Waals surface area contributed by atoms with Crippen LogP contribution >= 0.6 is 33.9 Å². The van der Waals surface area contributed by atoms with Gasteiger partial charge in [-0.3, -0.25) is 0 Å². The highest BCUT2D eigenvalue weighted by Gasteiger charge is 2.11. The van der Waals surface area contributed by atoms with Crippen molar-refractivity contribution in [2.24, 2.45) is 0 Å². The molecule has 0 radical (unpaired) electrons. The molecule has 0 amide bonds. The second-order valence-electron chi connectivity index (χ2n) is 2.34. The maximum Gasteiger partial charge on any atom is 0.150 e. The van der Waals surface area contributed by atoms with Crippen molar-refractivity contribution in [1.29, 1.82) is 0 Å². The topological polar surface area (TPSA) is 20.2 Å². The number of rotatable bonds is 0. The standard InChI is InChI=1S/C8H4FIOS/c9-4-2-1-3-5-6(4)7(11)8(10)12-5/h1-3,11H. The summed E-state index contributed by atoms with van der Waals surface area (Å²) in [4.78, 5) is 0. The molecule has 0 saturated heterocycles. The number of halogens is 2. The van der Waals surface area contributed by atoms with Gasteiger partial charge in [-0.1, -0.05) is 6.07 Å². The Balaban J connectivity index is 2.97. The first-order valence-corrected chi connectivity index (χ1v) is 5.15. The number of thiophene rings is 1. The van der Waals surface area contributed by atoms with E-state index in [9.17, 15) is 9.50 Å². The minimum Gasteiger partial charge on any atom is -0.505 e. The zero-order chi connectivity index (χ0) is 8.72. The third-order valence-corrected chi connectivity index (χ3v) is 3.70. The Labute approximate surface area is 86.0 Å². The summed E-state index contributed by atoms with van der Waals surface area (Å²) in [5.41, 5.74) is 0. The van der Waals surface area contributed by atoms with Gasteiger partial charge in [0.15, 0.2) is 5.75 Å². The lowest BCUT2D eigenvalue weighted by Crippen LogP contribution is -1.72. The molecule has 2 rings (SSSR count). The fraction of sp³-hybridized carbons (Fsp3) is 0. The van der Waals surface area contributed by atoms with Gasteiger partial charge in [-0.05, 0) is 34.7 Å². The lowest BCUT2D eigenvalue weighted by Gasteiger charge is -1.91. The molecule has 0 aliphatic heterocycles. The lowest BCUT2D eigenvalue weighted by molar-refractivity contribution is 0.477. The average molecular weight is 294 g/mol. The fourth-order valence-electron chi connectivity index (χ4n) is 1.06. The third-order valence-electron chi connectivity index (χ3n) is 1.60. The first kappa shape index (κ1) is 8.25. The molecule has 1 aromatic carbocycles. The van der Waals surface area contributed by atoms with Crippen molar-refractivity contribution in [1.82, 2.24) is 0 Å². The van der Waals surface area contributed by atoms with Gasteiger partial charge in [0.05, 0.1) is 5.39 Å². The van der Waals surface area contributed by atoms with Crippen LogP contribution in [0, 0.1) is 8.70 Å². The summed E-state index contributed by atoms with van der Waals surface area (Å²) in [5.74, 6) is -0.294. The molecular formula is C8H4FIOS. The van der Waals surface area contributed by atoms with Crippen LogP contribution < -0.4 is 0 Å². The highest BCUT2D eigenvalue weighted by molar-refractivity contribution is 14.1. The van der Waals surface area contributed by atoms with Crippen molar-refractivity contribution in [3.05, 3.63) is 26.9 Å². The van der Waals surface area contributed by atoms with Crippen molar-refractivity contribution in [3.63, 3.8) is 0 Å². The number of hydrogen-bond donors (Lipinski definition) is 1. The Bertz CT molecular complexity index is 438. The van der Waals surface area contributed by atoms with Crippen LogP contribution in [0.4, 0.5) is 4.39 Å². The summed E-state index contributed by atoms with van der Waals surface area (Å²) < 4.78 is 14.6. The van der Waals surface area contributed by atoms with Gasteiger partial charge in [-0.2, -0.15) is 0 Å². The van der Waals surface area contributed by atoms with Gasteiger partial charge in [0.2, 0.25) is 0 Å². The molecule has 1 N–H and O–H groups in total. The monoisotopic (exact) mass is 294 g/mol. The lowest BCUT2D eigenvalue weighted by atomic mass is 10.2. The zero-order valence-corrected chi connectivity index (χ0v) is 8.82. The van der Waals surface area contributed by atoms with E-state index < -0.39 is 0 Å². The molecule has 62 valence electrons. The largest absolute Gasteiger partial charge is 0.505 e. The first-order chi connectivity index (χ1) is 5.70. The van der Waals surface area contributed by atoms with E-state index in [1.54, 1.807) is 12.1 Å². The summed E-state index contributed by atoms with van der Waals surface area (Å²) in [6.07, 6.45) is 0. The highest BCUT2D eigenvalue weighted by atomic mass is 127. The number of fused-ring (bicyclic) bond motifs is 1. The van der Waals surface area contributed by atoms with Gasteiger partial charge in [0.1, 0.15) is 8.70 Å². The molecule has 12 heavy (non-hydrogen) atoms. The predicted octanol–water partition coefficient (Wildman–Crippen LogP) is 3.35. The second-order valence-corrected chi connectivity index (χ2v) is 5.20. The Morgan fingerprint density at radius 2 is 2.17 bits per heavy atom. The van der Waals surface area contributed by atoms with E-state index in [2.05, 4.69) is 0 Å². The summed E-state index contributed by atoms with van der Waals surface area (Å²) in [6, 6.07) is 4.79. The van der Waals surface area contributed by atoms with Crippen LogP contribution in [-0.4, -0.2) is 5.11 Å². The molecule has 0 unspecified atom stereocenters. The Kier molecular flexibility index (Phi) is 1.96. The van der Waals surface area contributed by atoms with Gasteiger partial charge in [-0.25, -0.2) is 4.39 Å². The SMILES string of the molecule is Oc1c(I)sc2cccc(F)c12. The molecule has 2 aromatic rings. The average Bonchev–Trinajstić information content (AvgIpc) is 2.29. The maximum absolute atomic E-state index is 13.1. The van der Waals surface area contributed by atoms with E-state index in [0.29, 0.717) is 5.39 Å². The third kappa shape index (κ3) is 1.09. The van der Waals surface area contributed by atoms with Crippen LogP contribution in [0.15, 0.2) is 18.2 Å². The molecule has 0 aliphatic rings. The molecule has 0 spiro atoms. The van der Waals surface area contributed by atoms with Crippen LogP contribution in [0.5, 0.6) is 5.75 Å². The van der Waals surface area contributed by atoms with Crippen molar-refractivity contribution in [3.8, 4) is 5.75 Å². The molecule has 0 saturated carbocycles. The van der Waals surface area contributed by atoms with Crippen molar-refractivity contribution in [2.75, 3.05) is 0 Å². The normalized spacial score (nSPS) is 10.8. The van der Waals surface area contributed by atoms with Gasteiger partial charge < -0.3 is 5.11 Å².